The molecule has 7 nitrogen and oxygen atoms in total. The third-order valence-corrected chi connectivity index (χ3v) is 5.07. The Labute approximate surface area is 165 Å². The van der Waals surface area contributed by atoms with Gasteiger partial charge in [-0.2, -0.15) is 0 Å². The van der Waals surface area contributed by atoms with Gasteiger partial charge in [0, 0.05) is 22.4 Å². The van der Waals surface area contributed by atoms with E-state index in [0.717, 1.165) is 5.56 Å². The van der Waals surface area contributed by atoms with Crippen LogP contribution in [0.5, 0.6) is 0 Å². The summed E-state index contributed by atoms with van der Waals surface area (Å²) in [6, 6.07) is 7.26. The Morgan fingerprint density at radius 3 is 2.93 bits per heavy atom. The molecule has 142 valence electrons. The van der Waals surface area contributed by atoms with Crippen molar-refractivity contribution in [2.24, 2.45) is 5.16 Å². The molecule has 1 unspecified atom stereocenters. The second-order valence-electron chi connectivity index (χ2n) is 6.10. The number of nitrogens with zero attached hydrogens (tertiary/aromatic N) is 2. The van der Waals surface area contributed by atoms with E-state index in [-0.39, 0.29) is 24.7 Å². The fourth-order valence-electron chi connectivity index (χ4n) is 2.54. The first-order chi connectivity index (χ1) is 12.9. The van der Waals surface area contributed by atoms with Crippen molar-refractivity contribution < 1.29 is 19.2 Å². The van der Waals surface area contributed by atoms with Crippen LogP contribution in [0.1, 0.15) is 31.5 Å². The first-order valence-corrected chi connectivity index (χ1v) is 9.58. The molecule has 27 heavy (non-hydrogen) atoms. The van der Waals surface area contributed by atoms with Crippen LogP contribution in [0.15, 0.2) is 34.8 Å². The molecule has 0 spiro atoms. The van der Waals surface area contributed by atoms with Gasteiger partial charge in [-0.05, 0) is 19.9 Å². The fourth-order valence-corrected chi connectivity index (χ4v) is 3.49. The number of oxime groups is 1. The minimum Gasteiger partial charge on any atom is -0.466 e. The standard InChI is InChI=1S/C18H18ClN3O4S/c1-3-25-15(23)8-11-10-27-17(20-11)21-16(24)18(2)9-14(22-26-18)12-6-4-5-7-13(12)19/h4-7,10H,3,8-9H2,1-2H3,(H,20,21,24). The molecule has 0 saturated heterocycles. The molecule has 1 aromatic heterocycles. The summed E-state index contributed by atoms with van der Waals surface area (Å²) in [4.78, 5) is 33.8. The molecule has 1 aromatic carbocycles. The summed E-state index contributed by atoms with van der Waals surface area (Å²) in [5, 5.41) is 9.40. The number of thiazole rings is 1. The largest absolute Gasteiger partial charge is 0.466 e. The topological polar surface area (TPSA) is 89.9 Å². The van der Waals surface area contributed by atoms with Crippen LogP contribution >= 0.6 is 22.9 Å². The van der Waals surface area contributed by atoms with Crippen molar-refractivity contribution in [3.63, 3.8) is 0 Å². The van der Waals surface area contributed by atoms with Gasteiger partial charge in [-0.1, -0.05) is 35.0 Å². The van der Waals surface area contributed by atoms with Gasteiger partial charge in [0.1, 0.15) is 0 Å². The maximum absolute atomic E-state index is 12.7. The molecule has 2 heterocycles. The lowest BCUT2D eigenvalue weighted by Gasteiger charge is -2.19. The number of rotatable bonds is 6. The molecular formula is C18H18ClN3O4S. The number of hydrogen-bond donors (Lipinski definition) is 1. The summed E-state index contributed by atoms with van der Waals surface area (Å²) in [6.45, 7) is 3.71. The molecule has 0 fully saturated rings. The number of amides is 1. The summed E-state index contributed by atoms with van der Waals surface area (Å²) in [5.74, 6) is -0.727. The Balaban J connectivity index is 1.63. The van der Waals surface area contributed by atoms with Crippen molar-refractivity contribution in [1.29, 1.82) is 0 Å². The molecule has 1 amide bonds. The smallest absolute Gasteiger partial charge is 0.311 e. The second-order valence-corrected chi connectivity index (χ2v) is 7.36. The number of esters is 1. The number of halogens is 1. The van der Waals surface area contributed by atoms with Crippen LogP contribution in [-0.2, 0) is 25.6 Å². The van der Waals surface area contributed by atoms with E-state index in [1.54, 1.807) is 25.3 Å². The highest BCUT2D eigenvalue weighted by molar-refractivity contribution is 7.14. The van der Waals surface area contributed by atoms with Crippen molar-refractivity contribution in [2.45, 2.75) is 32.3 Å². The van der Waals surface area contributed by atoms with Gasteiger partial charge < -0.3 is 9.57 Å². The normalized spacial score (nSPS) is 18.6. The first-order valence-electron chi connectivity index (χ1n) is 8.32. The van der Waals surface area contributed by atoms with Gasteiger partial charge in [0.05, 0.1) is 24.4 Å². The highest BCUT2D eigenvalue weighted by Gasteiger charge is 2.43. The summed E-state index contributed by atoms with van der Waals surface area (Å²) in [6.07, 6.45) is 0.345. The molecule has 0 aliphatic carbocycles. The Kier molecular flexibility index (Phi) is 5.76. The van der Waals surface area contributed by atoms with E-state index >= 15 is 0 Å². The average molecular weight is 408 g/mol. The molecule has 1 N–H and O–H groups in total. The van der Waals surface area contributed by atoms with Crippen LogP contribution < -0.4 is 5.32 Å². The van der Waals surface area contributed by atoms with Crippen LogP contribution in [0.25, 0.3) is 0 Å². The Morgan fingerprint density at radius 2 is 2.19 bits per heavy atom. The van der Waals surface area contributed by atoms with Crippen LogP contribution in [-0.4, -0.2) is 34.8 Å². The highest BCUT2D eigenvalue weighted by Crippen LogP contribution is 2.30. The molecule has 1 atom stereocenters. The molecule has 9 heteroatoms. The second kappa shape index (κ2) is 8.06. The van der Waals surface area contributed by atoms with Crippen molar-refractivity contribution in [3.8, 4) is 0 Å². The molecular weight excluding hydrogens is 390 g/mol. The zero-order valence-corrected chi connectivity index (χ0v) is 16.4. The lowest BCUT2D eigenvalue weighted by molar-refractivity contribution is -0.142. The van der Waals surface area contributed by atoms with Gasteiger partial charge in [0.25, 0.3) is 5.91 Å². The number of hydrogen-bond acceptors (Lipinski definition) is 7. The summed E-state index contributed by atoms with van der Waals surface area (Å²) < 4.78 is 4.89. The lowest BCUT2D eigenvalue weighted by atomic mass is 9.95. The molecule has 1 aliphatic heterocycles. The Bertz CT molecular complexity index is 898. The Morgan fingerprint density at radius 1 is 1.41 bits per heavy atom. The van der Waals surface area contributed by atoms with Crippen molar-refractivity contribution in [3.05, 3.63) is 45.9 Å². The van der Waals surface area contributed by atoms with E-state index in [2.05, 4.69) is 15.5 Å². The van der Waals surface area contributed by atoms with E-state index in [1.807, 2.05) is 18.2 Å². The molecule has 0 radical (unpaired) electrons. The number of ether oxygens (including phenoxy) is 1. The summed E-state index contributed by atoms with van der Waals surface area (Å²) in [5.41, 5.74) is 0.725. The van der Waals surface area contributed by atoms with Gasteiger partial charge in [-0.25, -0.2) is 4.98 Å². The maximum atomic E-state index is 12.7. The van der Waals surface area contributed by atoms with Crippen LogP contribution in [0, 0.1) is 0 Å². The van der Waals surface area contributed by atoms with E-state index in [9.17, 15) is 9.59 Å². The van der Waals surface area contributed by atoms with Crippen molar-refractivity contribution >= 4 is 45.7 Å². The van der Waals surface area contributed by atoms with Crippen molar-refractivity contribution in [1.82, 2.24) is 4.98 Å². The molecule has 0 saturated carbocycles. The number of anilines is 1. The molecule has 1 aliphatic rings. The molecule has 3 rings (SSSR count). The molecule has 2 aromatic rings. The first kappa shape index (κ1) is 19.3. The van der Waals surface area contributed by atoms with Crippen LogP contribution in [0.3, 0.4) is 0 Å². The molecule has 0 bridgehead atoms. The number of aromatic nitrogens is 1. The van der Waals surface area contributed by atoms with Gasteiger partial charge >= 0.3 is 5.97 Å². The number of carbonyl (C=O) groups is 2. The number of carbonyl (C=O) groups excluding carboxylic acids is 2. The predicted molar refractivity (Wildman–Crippen MR) is 103 cm³/mol. The third-order valence-electron chi connectivity index (χ3n) is 3.93. The van der Waals surface area contributed by atoms with Crippen LogP contribution in [0.4, 0.5) is 5.13 Å². The maximum Gasteiger partial charge on any atom is 0.311 e. The SMILES string of the molecule is CCOC(=O)Cc1csc(NC(=O)C2(C)CC(c3ccccc3Cl)=NO2)n1. The van der Waals surface area contributed by atoms with Gasteiger partial charge in [-0.3, -0.25) is 14.9 Å². The zero-order chi connectivity index (χ0) is 19.4. The van der Waals surface area contributed by atoms with Gasteiger partial charge in [0.15, 0.2) is 5.13 Å². The fraction of sp³-hybridized carbons (Fsp3) is 0.333. The van der Waals surface area contributed by atoms with E-state index in [0.29, 0.717) is 28.2 Å². The minimum atomic E-state index is -1.17. The van der Waals surface area contributed by atoms with E-state index in [1.165, 1.54) is 11.3 Å². The number of nitrogens with one attached hydrogen (secondary N) is 1. The van der Waals surface area contributed by atoms with Crippen molar-refractivity contribution in [2.75, 3.05) is 11.9 Å². The quantitative estimate of drug-likeness (QED) is 0.741. The Hall–Kier alpha value is -2.45. The number of benzene rings is 1. The minimum absolute atomic E-state index is 0.0632. The van der Waals surface area contributed by atoms with E-state index in [4.69, 9.17) is 21.2 Å². The summed E-state index contributed by atoms with van der Waals surface area (Å²) in [7, 11) is 0. The summed E-state index contributed by atoms with van der Waals surface area (Å²) >= 11 is 7.42. The third kappa shape index (κ3) is 4.45. The lowest BCUT2D eigenvalue weighted by Crippen LogP contribution is -2.40. The highest BCUT2D eigenvalue weighted by atomic mass is 35.5. The average Bonchev–Trinajstić information content (AvgIpc) is 3.23. The van der Waals surface area contributed by atoms with Crippen LogP contribution in [0.2, 0.25) is 5.02 Å². The zero-order valence-electron chi connectivity index (χ0n) is 14.8. The monoisotopic (exact) mass is 407 g/mol. The predicted octanol–water partition coefficient (Wildman–Crippen LogP) is 3.42. The van der Waals surface area contributed by atoms with Gasteiger partial charge in [-0.15, -0.1) is 11.3 Å². The van der Waals surface area contributed by atoms with E-state index < -0.39 is 5.60 Å². The van der Waals surface area contributed by atoms with Gasteiger partial charge in [0.2, 0.25) is 5.60 Å².